The number of nitrogens with zero attached hydrogens (tertiary/aromatic N) is 1. The van der Waals surface area contributed by atoms with Gasteiger partial charge in [0.05, 0.1) is 0 Å². The minimum atomic E-state index is 0.236. The number of aryl methyl sites for hydroxylation is 1. The van der Waals surface area contributed by atoms with Gasteiger partial charge < -0.3 is 0 Å². The second-order valence-electron chi connectivity index (χ2n) is 5.40. The Morgan fingerprint density at radius 3 is 2.20 bits per heavy atom. The quantitative estimate of drug-likeness (QED) is 0.648. The van der Waals surface area contributed by atoms with Gasteiger partial charge in [-0.05, 0) is 50.5 Å². The van der Waals surface area contributed by atoms with Crippen LogP contribution in [-0.2, 0) is 13.1 Å². The summed E-state index contributed by atoms with van der Waals surface area (Å²) in [5.41, 5.74) is 4.25. The minimum absolute atomic E-state index is 0.236. The number of benzene rings is 1. The molecule has 0 unspecified atom stereocenters. The van der Waals surface area contributed by atoms with Crippen LogP contribution in [0.3, 0.4) is 0 Å². The van der Waals surface area contributed by atoms with Crippen LogP contribution < -0.4 is 0 Å². The molecule has 1 aliphatic rings. The summed E-state index contributed by atoms with van der Waals surface area (Å²) in [5, 5.41) is 0.893. The van der Waals surface area contributed by atoms with Crippen molar-refractivity contribution in [2.45, 2.75) is 46.3 Å². The first-order valence-corrected chi connectivity index (χ1v) is 5.78. The molecule has 0 bridgehead atoms. The van der Waals surface area contributed by atoms with Gasteiger partial charge in [-0.3, -0.25) is 4.90 Å². The zero-order chi connectivity index (χ0) is 11.2. The third-order valence-electron chi connectivity index (χ3n) is 3.15. The van der Waals surface area contributed by atoms with Gasteiger partial charge in [0.15, 0.2) is 0 Å². The highest BCUT2D eigenvalue weighted by Gasteiger charge is 2.28. The summed E-state index contributed by atoms with van der Waals surface area (Å²) in [6.07, 6.45) is 0. The average Bonchev–Trinajstić information content (AvgIpc) is 2.47. The molecular formula is C13H18ClN. The molecule has 2 heteroatoms. The Bertz CT molecular complexity index is 359. The van der Waals surface area contributed by atoms with Gasteiger partial charge in [0, 0.05) is 23.7 Å². The first-order chi connectivity index (χ1) is 6.88. The van der Waals surface area contributed by atoms with Crippen LogP contribution in [0.25, 0.3) is 0 Å². The Morgan fingerprint density at radius 1 is 1.13 bits per heavy atom. The van der Waals surface area contributed by atoms with Gasteiger partial charge in [0.25, 0.3) is 0 Å². The third-order valence-corrected chi connectivity index (χ3v) is 3.56. The van der Waals surface area contributed by atoms with Gasteiger partial charge in [-0.25, -0.2) is 0 Å². The largest absolute Gasteiger partial charge is 0.290 e. The van der Waals surface area contributed by atoms with Gasteiger partial charge in [0.1, 0.15) is 0 Å². The van der Waals surface area contributed by atoms with Gasteiger partial charge in [0.2, 0.25) is 0 Å². The molecule has 15 heavy (non-hydrogen) atoms. The monoisotopic (exact) mass is 223 g/mol. The van der Waals surface area contributed by atoms with E-state index in [1.54, 1.807) is 0 Å². The van der Waals surface area contributed by atoms with Crippen molar-refractivity contribution in [1.29, 1.82) is 0 Å². The zero-order valence-electron chi connectivity index (χ0n) is 9.89. The van der Waals surface area contributed by atoms with Gasteiger partial charge in [-0.1, -0.05) is 17.7 Å². The van der Waals surface area contributed by atoms with Gasteiger partial charge in [-0.2, -0.15) is 0 Å². The molecule has 1 nitrogen and oxygen atoms in total. The fraction of sp³-hybridized carbons (Fsp3) is 0.538. The molecule has 1 aromatic rings. The van der Waals surface area contributed by atoms with Gasteiger partial charge >= 0.3 is 0 Å². The predicted octanol–water partition coefficient (Wildman–Crippen LogP) is 3.76. The van der Waals surface area contributed by atoms with Crippen molar-refractivity contribution in [2.24, 2.45) is 0 Å². The number of rotatable bonds is 0. The van der Waals surface area contributed by atoms with Crippen LogP contribution in [-0.4, -0.2) is 10.4 Å². The lowest BCUT2D eigenvalue weighted by Crippen LogP contribution is -2.36. The summed E-state index contributed by atoms with van der Waals surface area (Å²) >= 11 is 6.14. The van der Waals surface area contributed by atoms with Crippen LogP contribution >= 0.6 is 11.6 Å². The molecule has 0 fully saturated rings. The smallest absolute Gasteiger partial charge is 0.0438 e. The van der Waals surface area contributed by atoms with Crippen molar-refractivity contribution in [3.8, 4) is 0 Å². The van der Waals surface area contributed by atoms with E-state index in [0.29, 0.717) is 0 Å². The van der Waals surface area contributed by atoms with Crippen LogP contribution in [0.5, 0.6) is 0 Å². The lowest BCUT2D eigenvalue weighted by molar-refractivity contribution is 0.136. The van der Waals surface area contributed by atoms with E-state index in [-0.39, 0.29) is 5.54 Å². The van der Waals surface area contributed by atoms with E-state index in [1.165, 1.54) is 16.7 Å². The molecule has 0 aromatic heterocycles. The van der Waals surface area contributed by atoms with Crippen LogP contribution in [0.2, 0.25) is 5.02 Å². The molecule has 1 heterocycles. The van der Waals surface area contributed by atoms with Crippen molar-refractivity contribution in [3.05, 3.63) is 33.8 Å². The fourth-order valence-corrected chi connectivity index (χ4v) is 2.20. The Labute approximate surface area is 97.0 Å². The number of halogens is 1. The molecule has 0 saturated carbocycles. The van der Waals surface area contributed by atoms with Crippen molar-refractivity contribution < 1.29 is 0 Å². The normalized spacial score (nSPS) is 16.9. The minimum Gasteiger partial charge on any atom is -0.290 e. The number of fused-ring (bicyclic) bond motifs is 1. The topological polar surface area (TPSA) is 3.24 Å². The summed E-state index contributed by atoms with van der Waals surface area (Å²) < 4.78 is 0. The maximum absolute atomic E-state index is 6.14. The Hall–Kier alpha value is -0.530. The van der Waals surface area contributed by atoms with E-state index in [0.717, 1.165) is 18.1 Å². The molecule has 82 valence electrons. The Kier molecular flexibility index (Phi) is 2.56. The molecule has 1 aliphatic heterocycles. The summed E-state index contributed by atoms with van der Waals surface area (Å²) in [4.78, 5) is 2.48. The lowest BCUT2D eigenvalue weighted by atomic mass is 10.1. The zero-order valence-corrected chi connectivity index (χ0v) is 10.7. The highest BCUT2D eigenvalue weighted by atomic mass is 35.5. The Balaban J connectivity index is 2.32. The summed E-state index contributed by atoms with van der Waals surface area (Å²) in [6.45, 7) is 10.9. The molecule has 0 N–H and O–H groups in total. The second-order valence-corrected chi connectivity index (χ2v) is 5.80. The summed E-state index contributed by atoms with van der Waals surface area (Å²) in [5.74, 6) is 0. The van der Waals surface area contributed by atoms with Crippen molar-refractivity contribution in [2.75, 3.05) is 0 Å². The van der Waals surface area contributed by atoms with Crippen molar-refractivity contribution in [1.82, 2.24) is 4.90 Å². The lowest BCUT2D eigenvalue weighted by Gasteiger charge is -2.31. The molecule has 0 amide bonds. The second kappa shape index (κ2) is 3.50. The number of hydrogen-bond acceptors (Lipinski definition) is 1. The fourth-order valence-electron chi connectivity index (χ4n) is 2.02. The molecule has 2 rings (SSSR count). The number of hydrogen-bond donors (Lipinski definition) is 0. The first kappa shape index (κ1) is 11.0. The summed E-state index contributed by atoms with van der Waals surface area (Å²) in [7, 11) is 0. The van der Waals surface area contributed by atoms with E-state index in [4.69, 9.17) is 11.6 Å². The highest BCUT2D eigenvalue weighted by molar-refractivity contribution is 6.31. The SMILES string of the molecule is Cc1cc2c(cc1Cl)CN(C(C)(C)C)C2. The van der Waals surface area contributed by atoms with Crippen LogP contribution in [0.4, 0.5) is 0 Å². The molecule has 0 atom stereocenters. The van der Waals surface area contributed by atoms with E-state index in [1.807, 2.05) is 0 Å². The predicted molar refractivity (Wildman–Crippen MR) is 65.2 cm³/mol. The molecule has 0 spiro atoms. The molecule has 0 saturated heterocycles. The van der Waals surface area contributed by atoms with Crippen LogP contribution in [0, 0.1) is 6.92 Å². The highest BCUT2D eigenvalue weighted by Crippen LogP contribution is 2.32. The standard InChI is InChI=1S/C13H18ClN/c1-9-5-10-7-15(13(2,3)4)8-11(10)6-12(9)14/h5-6H,7-8H2,1-4H3. The maximum atomic E-state index is 6.14. The first-order valence-electron chi connectivity index (χ1n) is 5.41. The van der Waals surface area contributed by atoms with Crippen molar-refractivity contribution >= 4 is 11.6 Å². The molecule has 0 aliphatic carbocycles. The maximum Gasteiger partial charge on any atom is 0.0438 e. The molecular weight excluding hydrogens is 206 g/mol. The van der Waals surface area contributed by atoms with E-state index in [9.17, 15) is 0 Å². The van der Waals surface area contributed by atoms with Crippen LogP contribution in [0.15, 0.2) is 12.1 Å². The van der Waals surface area contributed by atoms with Crippen LogP contribution in [0.1, 0.15) is 37.5 Å². The Morgan fingerprint density at radius 2 is 1.67 bits per heavy atom. The summed E-state index contributed by atoms with van der Waals surface area (Å²) in [6, 6.07) is 4.35. The molecule has 0 radical (unpaired) electrons. The van der Waals surface area contributed by atoms with E-state index >= 15 is 0 Å². The van der Waals surface area contributed by atoms with E-state index in [2.05, 4.69) is 44.7 Å². The van der Waals surface area contributed by atoms with E-state index < -0.39 is 0 Å². The molecule has 1 aromatic carbocycles. The van der Waals surface area contributed by atoms with Crippen molar-refractivity contribution in [3.63, 3.8) is 0 Å². The third kappa shape index (κ3) is 2.04. The average molecular weight is 224 g/mol. The van der Waals surface area contributed by atoms with Gasteiger partial charge in [-0.15, -0.1) is 0 Å².